The first-order valence-electron chi connectivity index (χ1n) is 8.15. The highest BCUT2D eigenvalue weighted by Gasteiger charge is 2.44. The van der Waals surface area contributed by atoms with Crippen LogP contribution in [0.2, 0.25) is 0 Å². The molecular weight excluding hydrogens is 348 g/mol. The van der Waals surface area contributed by atoms with Crippen LogP contribution in [0.4, 0.5) is 4.79 Å². The van der Waals surface area contributed by atoms with Gasteiger partial charge in [0.05, 0.1) is 0 Å². The van der Waals surface area contributed by atoms with Crippen molar-refractivity contribution in [3.63, 3.8) is 0 Å². The number of hydrogen-bond acceptors (Lipinski definition) is 3. The number of rotatable bonds is 3. The highest BCUT2D eigenvalue weighted by Crippen LogP contribution is 2.42. The van der Waals surface area contributed by atoms with Gasteiger partial charge in [0, 0.05) is 19.6 Å². The van der Waals surface area contributed by atoms with E-state index in [-0.39, 0.29) is 16.3 Å². The Kier molecular flexibility index (Phi) is 5.41. The number of likely N-dealkylation sites (tertiary alicyclic amines) is 1. The smallest absolute Gasteiger partial charge is 0.407 e. The van der Waals surface area contributed by atoms with Crippen molar-refractivity contribution < 1.29 is 14.3 Å². The molecule has 2 amide bonds. The fourth-order valence-corrected chi connectivity index (χ4v) is 3.75. The zero-order chi connectivity index (χ0) is 16.4. The number of alkyl carbamates (subject to hydrolysis) is 1. The van der Waals surface area contributed by atoms with Crippen molar-refractivity contribution in [3.05, 3.63) is 0 Å². The van der Waals surface area contributed by atoms with Gasteiger partial charge in [0.25, 0.3) is 0 Å². The van der Waals surface area contributed by atoms with E-state index in [1.54, 1.807) is 0 Å². The lowest BCUT2D eigenvalue weighted by atomic mass is 9.83. The zero-order valence-corrected chi connectivity index (χ0v) is 15.4. The van der Waals surface area contributed by atoms with Crippen molar-refractivity contribution in [1.29, 1.82) is 0 Å². The summed E-state index contributed by atoms with van der Waals surface area (Å²) >= 11 is 3.60. The molecule has 0 spiro atoms. The molecule has 6 heteroatoms. The molecule has 1 atom stereocenters. The Labute approximate surface area is 141 Å². The maximum Gasteiger partial charge on any atom is 0.407 e. The predicted octanol–water partition coefficient (Wildman–Crippen LogP) is 3.07. The number of carbonyl (C=O) groups is 2. The highest BCUT2D eigenvalue weighted by molar-refractivity contribution is 9.10. The number of carbonyl (C=O) groups excluding carboxylic acids is 2. The first-order valence-corrected chi connectivity index (χ1v) is 8.94. The Morgan fingerprint density at radius 1 is 1.32 bits per heavy atom. The Morgan fingerprint density at radius 2 is 2.00 bits per heavy atom. The quantitative estimate of drug-likeness (QED) is 0.772. The fourth-order valence-electron chi connectivity index (χ4n) is 2.94. The minimum absolute atomic E-state index is 0.223. The standard InChI is InChI=1S/C16H27BrN2O3/c1-15(2,3)22-14(21)18-10-12-6-4-9-19(11-12)13(20)16(17)7-5-8-16/h12H,4-11H2,1-3H3,(H,18,21)/t12-/m1/s1. The third-order valence-electron chi connectivity index (χ3n) is 4.27. The van der Waals surface area contributed by atoms with Gasteiger partial charge < -0.3 is 15.0 Å². The van der Waals surface area contributed by atoms with Gasteiger partial charge in [-0.1, -0.05) is 15.9 Å². The zero-order valence-electron chi connectivity index (χ0n) is 13.8. The predicted molar refractivity (Wildman–Crippen MR) is 89.0 cm³/mol. The average molecular weight is 375 g/mol. The molecule has 5 nitrogen and oxygen atoms in total. The summed E-state index contributed by atoms with van der Waals surface area (Å²) in [5.41, 5.74) is -0.481. The number of nitrogens with one attached hydrogen (secondary N) is 1. The highest BCUT2D eigenvalue weighted by atomic mass is 79.9. The molecule has 0 unspecified atom stereocenters. The third-order valence-corrected chi connectivity index (χ3v) is 5.40. The van der Waals surface area contributed by atoms with Crippen LogP contribution in [-0.2, 0) is 9.53 Å². The van der Waals surface area contributed by atoms with Gasteiger partial charge in [-0.2, -0.15) is 0 Å². The average Bonchev–Trinajstić information content (AvgIpc) is 2.40. The molecule has 1 saturated heterocycles. The summed E-state index contributed by atoms with van der Waals surface area (Å²) in [7, 11) is 0. The van der Waals surface area contributed by atoms with Gasteiger partial charge >= 0.3 is 6.09 Å². The van der Waals surface area contributed by atoms with Crippen LogP contribution in [0.3, 0.4) is 0 Å². The number of nitrogens with zero attached hydrogens (tertiary/aromatic N) is 1. The second-order valence-corrected chi connectivity index (χ2v) is 8.98. The molecule has 0 aromatic rings. The van der Waals surface area contributed by atoms with Crippen molar-refractivity contribution in [2.45, 2.75) is 62.8 Å². The van der Waals surface area contributed by atoms with Gasteiger partial charge in [0.1, 0.15) is 9.93 Å². The SMILES string of the molecule is CC(C)(C)OC(=O)NC[C@H]1CCCN(C(=O)C2(Br)CCC2)C1. The molecule has 1 aliphatic carbocycles. The number of hydrogen-bond donors (Lipinski definition) is 1. The molecule has 1 N–H and O–H groups in total. The molecule has 126 valence electrons. The molecule has 2 rings (SSSR count). The Balaban J connectivity index is 1.78. The number of ether oxygens (including phenoxy) is 1. The van der Waals surface area contributed by atoms with Gasteiger partial charge in [-0.25, -0.2) is 4.79 Å². The molecule has 1 saturated carbocycles. The second-order valence-electron chi connectivity index (χ2n) is 7.46. The van der Waals surface area contributed by atoms with Crippen LogP contribution < -0.4 is 5.32 Å². The van der Waals surface area contributed by atoms with Gasteiger partial charge in [-0.05, 0) is 58.8 Å². The Morgan fingerprint density at radius 3 is 2.55 bits per heavy atom. The summed E-state index contributed by atoms with van der Waals surface area (Å²) in [5.74, 6) is 0.530. The first-order chi connectivity index (χ1) is 10.2. The van der Waals surface area contributed by atoms with Crippen LogP contribution in [-0.4, -0.2) is 46.5 Å². The van der Waals surface area contributed by atoms with E-state index in [0.717, 1.165) is 45.2 Å². The molecule has 1 aliphatic heterocycles. The van der Waals surface area contributed by atoms with Crippen molar-refractivity contribution in [1.82, 2.24) is 10.2 Å². The maximum absolute atomic E-state index is 12.5. The normalized spacial score (nSPS) is 24.4. The Hall–Kier alpha value is -0.780. The van der Waals surface area contributed by atoms with E-state index < -0.39 is 5.60 Å². The number of alkyl halides is 1. The van der Waals surface area contributed by atoms with Crippen LogP contribution in [0.1, 0.15) is 52.9 Å². The van der Waals surface area contributed by atoms with Crippen LogP contribution in [0.15, 0.2) is 0 Å². The topological polar surface area (TPSA) is 58.6 Å². The van der Waals surface area contributed by atoms with E-state index in [1.807, 2.05) is 25.7 Å². The second kappa shape index (κ2) is 6.77. The summed E-state index contributed by atoms with van der Waals surface area (Å²) in [4.78, 5) is 26.2. The summed E-state index contributed by atoms with van der Waals surface area (Å²) < 4.78 is 4.93. The molecule has 0 aromatic heterocycles. The summed E-state index contributed by atoms with van der Waals surface area (Å²) in [5, 5.41) is 2.82. The first kappa shape index (κ1) is 17.6. The molecular formula is C16H27BrN2O3. The lowest BCUT2D eigenvalue weighted by molar-refractivity contribution is -0.137. The largest absolute Gasteiger partial charge is 0.444 e. The molecule has 0 aromatic carbocycles. The van der Waals surface area contributed by atoms with Crippen LogP contribution in [0, 0.1) is 5.92 Å². The van der Waals surface area contributed by atoms with Crippen molar-refractivity contribution in [2.24, 2.45) is 5.92 Å². The van der Waals surface area contributed by atoms with Crippen molar-refractivity contribution >= 4 is 27.9 Å². The van der Waals surface area contributed by atoms with Crippen LogP contribution >= 0.6 is 15.9 Å². The lowest BCUT2D eigenvalue weighted by Gasteiger charge is -2.42. The summed E-state index contributed by atoms with van der Waals surface area (Å²) in [6.07, 6.45) is 4.64. The van der Waals surface area contributed by atoms with Crippen molar-refractivity contribution in [2.75, 3.05) is 19.6 Å². The number of piperidine rings is 1. The minimum atomic E-state index is -0.481. The third kappa shape index (κ3) is 4.61. The van der Waals surface area contributed by atoms with E-state index in [0.29, 0.717) is 12.5 Å². The van der Waals surface area contributed by atoms with E-state index in [1.165, 1.54) is 0 Å². The molecule has 0 bridgehead atoms. The maximum atomic E-state index is 12.5. The van der Waals surface area contributed by atoms with Crippen LogP contribution in [0.25, 0.3) is 0 Å². The molecule has 2 fully saturated rings. The van der Waals surface area contributed by atoms with E-state index in [4.69, 9.17) is 4.74 Å². The summed E-state index contributed by atoms with van der Waals surface area (Å²) in [6, 6.07) is 0. The van der Waals surface area contributed by atoms with E-state index in [9.17, 15) is 9.59 Å². The molecule has 0 radical (unpaired) electrons. The lowest BCUT2D eigenvalue weighted by Crippen LogP contribution is -2.53. The van der Waals surface area contributed by atoms with Gasteiger partial charge in [-0.3, -0.25) is 4.79 Å². The van der Waals surface area contributed by atoms with E-state index in [2.05, 4.69) is 21.2 Å². The Bertz CT molecular complexity index is 430. The van der Waals surface area contributed by atoms with Crippen LogP contribution in [0.5, 0.6) is 0 Å². The summed E-state index contributed by atoms with van der Waals surface area (Å²) in [6.45, 7) is 7.66. The fraction of sp³-hybridized carbons (Fsp3) is 0.875. The van der Waals surface area contributed by atoms with Gasteiger partial charge in [0.2, 0.25) is 5.91 Å². The number of halogens is 1. The van der Waals surface area contributed by atoms with E-state index >= 15 is 0 Å². The number of amides is 2. The monoisotopic (exact) mass is 374 g/mol. The molecule has 22 heavy (non-hydrogen) atoms. The molecule has 2 aliphatic rings. The van der Waals surface area contributed by atoms with Gasteiger partial charge in [-0.15, -0.1) is 0 Å². The van der Waals surface area contributed by atoms with Gasteiger partial charge in [0.15, 0.2) is 0 Å². The minimum Gasteiger partial charge on any atom is -0.444 e. The van der Waals surface area contributed by atoms with Crippen molar-refractivity contribution in [3.8, 4) is 0 Å². The molecule has 1 heterocycles.